The van der Waals surface area contributed by atoms with Gasteiger partial charge in [0.1, 0.15) is 17.2 Å². The van der Waals surface area contributed by atoms with Crippen molar-refractivity contribution in [1.82, 2.24) is 14.5 Å². The predicted molar refractivity (Wildman–Crippen MR) is 94.5 cm³/mol. The minimum Gasteiger partial charge on any atom is -0.298 e. The molecular weight excluding hydrogens is 324 g/mol. The molecule has 0 spiro atoms. The van der Waals surface area contributed by atoms with Crippen LogP contribution in [0.15, 0.2) is 16.9 Å². The summed E-state index contributed by atoms with van der Waals surface area (Å²) in [5.74, 6) is -0.377. The Morgan fingerprint density at radius 2 is 2.12 bits per heavy atom. The van der Waals surface area contributed by atoms with E-state index in [0.717, 1.165) is 44.5 Å². The summed E-state index contributed by atoms with van der Waals surface area (Å²) in [7, 11) is 1.64. The summed E-state index contributed by atoms with van der Waals surface area (Å²) in [6.07, 6.45) is 4.10. The number of rotatable bonds is 4. The summed E-state index contributed by atoms with van der Waals surface area (Å²) in [5, 5.41) is -0.00832. The van der Waals surface area contributed by atoms with Gasteiger partial charge < -0.3 is 0 Å². The Morgan fingerprint density at radius 1 is 1.36 bits per heavy atom. The standard InChI is InChI=1S/C19H25F2N3O/c1-4-6-16(24-8-5-7-12(2)11-24)18-22-17-14(19(25)23(18)3)9-13(20)10-15(17)21/h9-10,12,16H,4-8,11H2,1-3H3/t12-,16-/m1/s1. The summed E-state index contributed by atoms with van der Waals surface area (Å²) >= 11 is 0. The number of nitrogens with zero attached hydrogens (tertiary/aromatic N) is 3. The first-order chi connectivity index (χ1) is 11.9. The van der Waals surface area contributed by atoms with Crippen LogP contribution in [0, 0.1) is 17.6 Å². The first-order valence-corrected chi connectivity index (χ1v) is 9.02. The van der Waals surface area contributed by atoms with Gasteiger partial charge in [-0.1, -0.05) is 20.3 Å². The lowest BCUT2D eigenvalue weighted by Gasteiger charge is -2.37. The molecule has 0 aliphatic carbocycles. The van der Waals surface area contributed by atoms with E-state index in [2.05, 4.69) is 23.7 Å². The Balaban J connectivity index is 2.14. The molecular formula is C19H25F2N3O. The van der Waals surface area contributed by atoms with Crippen LogP contribution in [-0.4, -0.2) is 27.5 Å². The summed E-state index contributed by atoms with van der Waals surface area (Å²) in [6.45, 7) is 6.22. The van der Waals surface area contributed by atoms with E-state index >= 15 is 0 Å². The molecule has 1 aliphatic rings. The van der Waals surface area contributed by atoms with E-state index in [4.69, 9.17) is 0 Å². The lowest BCUT2D eigenvalue weighted by Crippen LogP contribution is -2.40. The summed E-state index contributed by atoms with van der Waals surface area (Å²) in [6, 6.07) is 1.82. The highest BCUT2D eigenvalue weighted by Crippen LogP contribution is 2.29. The van der Waals surface area contributed by atoms with E-state index in [1.807, 2.05) is 0 Å². The fourth-order valence-electron chi connectivity index (χ4n) is 3.87. The molecule has 1 aromatic carbocycles. The topological polar surface area (TPSA) is 38.1 Å². The minimum absolute atomic E-state index is 0.00832. The zero-order valence-electron chi connectivity index (χ0n) is 15.1. The third-order valence-corrected chi connectivity index (χ3v) is 5.12. The number of hydrogen-bond donors (Lipinski definition) is 0. The second-order valence-corrected chi connectivity index (χ2v) is 7.16. The Bertz CT molecular complexity index is 834. The van der Waals surface area contributed by atoms with Crippen molar-refractivity contribution in [3.8, 4) is 0 Å². The quantitative estimate of drug-likeness (QED) is 0.843. The number of likely N-dealkylation sites (tertiary alicyclic amines) is 1. The maximum atomic E-state index is 14.2. The molecule has 2 heterocycles. The Morgan fingerprint density at radius 3 is 2.80 bits per heavy atom. The third-order valence-electron chi connectivity index (χ3n) is 5.12. The van der Waals surface area contributed by atoms with Gasteiger partial charge in [0, 0.05) is 19.7 Å². The molecule has 0 N–H and O–H groups in total. The molecule has 25 heavy (non-hydrogen) atoms. The van der Waals surface area contributed by atoms with E-state index < -0.39 is 17.2 Å². The van der Waals surface area contributed by atoms with Crippen LogP contribution in [0.2, 0.25) is 0 Å². The van der Waals surface area contributed by atoms with Crippen LogP contribution in [-0.2, 0) is 7.05 Å². The van der Waals surface area contributed by atoms with E-state index in [1.165, 1.54) is 11.0 Å². The van der Waals surface area contributed by atoms with Crippen molar-refractivity contribution in [2.24, 2.45) is 13.0 Å². The molecule has 3 rings (SSSR count). The van der Waals surface area contributed by atoms with E-state index in [0.29, 0.717) is 11.7 Å². The van der Waals surface area contributed by atoms with Gasteiger partial charge in [-0.15, -0.1) is 0 Å². The van der Waals surface area contributed by atoms with Crippen molar-refractivity contribution in [3.63, 3.8) is 0 Å². The average Bonchev–Trinajstić information content (AvgIpc) is 2.57. The van der Waals surface area contributed by atoms with Crippen LogP contribution < -0.4 is 5.56 Å². The second-order valence-electron chi connectivity index (χ2n) is 7.16. The first-order valence-electron chi connectivity index (χ1n) is 9.02. The van der Waals surface area contributed by atoms with Gasteiger partial charge in [-0.3, -0.25) is 14.3 Å². The molecule has 1 saturated heterocycles. The normalized spacial score (nSPS) is 20.1. The number of fused-ring (bicyclic) bond motifs is 1. The second kappa shape index (κ2) is 7.20. The smallest absolute Gasteiger partial charge is 0.261 e. The Labute approximate surface area is 146 Å². The van der Waals surface area contributed by atoms with Crippen LogP contribution >= 0.6 is 0 Å². The molecule has 1 aliphatic heterocycles. The van der Waals surface area contributed by atoms with Crippen molar-refractivity contribution < 1.29 is 8.78 Å². The highest BCUT2D eigenvalue weighted by Gasteiger charge is 2.28. The largest absolute Gasteiger partial charge is 0.298 e. The molecule has 2 aromatic rings. The van der Waals surface area contributed by atoms with Gasteiger partial charge in [0.15, 0.2) is 5.82 Å². The number of halogens is 2. The maximum absolute atomic E-state index is 14.2. The van der Waals surface area contributed by atoms with Crippen molar-refractivity contribution in [1.29, 1.82) is 0 Å². The van der Waals surface area contributed by atoms with E-state index in [1.54, 1.807) is 7.05 Å². The average molecular weight is 349 g/mol. The summed E-state index contributed by atoms with van der Waals surface area (Å²) < 4.78 is 29.2. The molecule has 6 heteroatoms. The van der Waals surface area contributed by atoms with Gasteiger partial charge in [0.2, 0.25) is 0 Å². The molecule has 0 radical (unpaired) electrons. The number of hydrogen-bond acceptors (Lipinski definition) is 3. The zero-order valence-corrected chi connectivity index (χ0v) is 15.1. The Kier molecular flexibility index (Phi) is 5.18. The highest BCUT2D eigenvalue weighted by molar-refractivity contribution is 5.78. The van der Waals surface area contributed by atoms with E-state index in [9.17, 15) is 13.6 Å². The zero-order chi connectivity index (χ0) is 18.1. The summed E-state index contributed by atoms with van der Waals surface area (Å²) in [4.78, 5) is 19.5. The van der Waals surface area contributed by atoms with Gasteiger partial charge in [0.05, 0.1) is 11.4 Å². The molecule has 4 nitrogen and oxygen atoms in total. The molecule has 2 atom stereocenters. The fraction of sp³-hybridized carbons (Fsp3) is 0.579. The van der Waals surface area contributed by atoms with E-state index in [-0.39, 0.29) is 16.9 Å². The van der Waals surface area contributed by atoms with Gasteiger partial charge >= 0.3 is 0 Å². The van der Waals surface area contributed by atoms with Crippen LogP contribution in [0.1, 0.15) is 51.4 Å². The lowest BCUT2D eigenvalue weighted by molar-refractivity contribution is 0.115. The molecule has 0 amide bonds. The van der Waals surface area contributed by atoms with Gasteiger partial charge in [-0.25, -0.2) is 13.8 Å². The van der Waals surface area contributed by atoms with Crippen LogP contribution in [0.25, 0.3) is 10.9 Å². The van der Waals surface area contributed by atoms with Crippen molar-refractivity contribution >= 4 is 10.9 Å². The number of piperidine rings is 1. The fourth-order valence-corrected chi connectivity index (χ4v) is 3.87. The van der Waals surface area contributed by atoms with Crippen molar-refractivity contribution in [2.75, 3.05) is 13.1 Å². The third kappa shape index (κ3) is 3.45. The Hall–Kier alpha value is -1.82. The number of benzene rings is 1. The molecule has 0 bridgehead atoms. The van der Waals surface area contributed by atoms with Gasteiger partial charge in [0.25, 0.3) is 5.56 Å². The highest BCUT2D eigenvalue weighted by atomic mass is 19.1. The molecule has 1 fully saturated rings. The van der Waals surface area contributed by atoms with Crippen LogP contribution in [0.5, 0.6) is 0 Å². The van der Waals surface area contributed by atoms with Gasteiger partial charge in [-0.05, 0) is 37.8 Å². The lowest BCUT2D eigenvalue weighted by atomic mass is 9.97. The SMILES string of the molecule is CCC[C@H](c1nc2c(F)cc(F)cc2c(=O)n1C)N1CCC[C@@H](C)C1. The van der Waals surface area contributed by atoms with Crippen molar-refractivity contribution in [2.45, 2.75) is 45.6 Å². The summed E-state index contributed by atoms with van der Waals surface area (Å²) in [5.41, 5.74) is -0.435. The predicted octanol–water partition coefficient (Wildman–Crippen LogP) is 3.78. The monoisotopic (exact) mass is 349 g/mol. The molecule has 1 aromatic heterocycles. The number of aromatic nitrogens is 2. The van der Waals surface area contributed by atoms with Crippen LogP contribution in [0.3, 0.4) is 0 Å². The van der Waals surface area contributed by atoms with Crippen LogP contribution in [0.4, 0.5) is 8.78 Å². The molecule has 0 unspecified atom stereocenters. The first kappa shape index (κ1) is 18.0. The minimum atomic E-state index is -0.781. The van der Waals surface area contributed by atoms with Crippen molar-refractivity contribution in [3.05, 3.63) is 39.9 Å². The molecule has 136 valence electrons. The molecule has 0 saturated carbocycles. The maximum Gasteiger partial charge on any atom is 0.261 e. The van der Waals surface area contributed by atoms with Gasteiger partial charge in [-0.2, -0.15) is 0 Å².